The summed E-state index contributed by atoms with van der Waals surface area (Å²) in [7, 11) is 0. The van der Waals surface area contributed by atoms with Gasteiger partial charge in [0.15, 0.2) is 0 Å². The molecule has 2 amide bonds. The van der Waals surface area contributed by atoms with Crippen molar-refractivity contribution < 1.29 is 24.2 Å². The highest BCUT2D eigenvalue weighted by Gasteiger charge is 2.35. The smallest absolute Gasteiger partial charge is 0.408 e. The van der Waals surface area contributed by atoms with Crippen LogP contribution in [-0.2, 0) is 20.7 Å². The molecule has 0 saturated heterocycles. The first-order valence-electron chi connectivity index (χ1n) is 9.06. The summed E-state index contributed by atoms with van der Waals surface area (Å²) in [6.07, 6.45) is -0.584. The van der Waals surface area contributed by atoms with Crippen molar-refractivity contribution >= 4 is 35.1 Å². The molecule has 1 aromatic heterocycles. The molecule has 2 aromatic rings. The fourth-order valence-corrected chi connectivity index (χ4v) is 3.13. The van der Waals surface area contributed by atoms with Gasteiger partial charge in [0.25, 0.3) is 5.91 Å². The van der Waals surface area contributed by atoms with Crippen LogP contribution in [-0.4, -0.2) is 45.7 Å². The average Bonchev–Trinajstić information content (AvgIpc) is 3.14. The Morgan fingerprint density at radius 1 is 1.24 bits per heavy atom. The lowest BCUT2D eigenvalue weighted by molar-refractivity contribution is -0.139. The number of anilines is 1. The third kappa shape index (κ3) is 6.56. The number of carboxylic acid groups (broad SMARTS) is 1. The number of nitrogens with one attached hydrogen (secondary N) is 1. The topological polar surface area (TPSA) is 109 Å². The Morgan fingerprint density at radius 3 is 2.41 bits per heavy atom. The first kappa shape index (κ1) is 22.4. The Balaban J connectivity index is 2.34. The van der Waals surface area contributed by atoms with E-state index in [-0.39, 0.29) is 12.2 Å². The van der Waals surface area contributed by atoms with Crippen LogP contribution >= 0.6 is 11.3 Å². The fourth-order valence-electron chi connectivity index (χ4n) is 2.61. The number of benzene rings is 1. The van der Waals surface area contributed by atoms with Crippen LogP contribution in [0.3, 0.4) is 0 Å². The fraction of sp³-hybridized carbons (Fsp3) is 0.400. The predicted molar refractivity (Wildman–Crippen MR) is 110 cm³/mol. The molecule has 0 fully saturated rings. The van der Waals surface area contributed by atoms with Crippen LogP contribution in [0.5, 0.6) is 0 Å². The van der Waals surface area contributed by atoms with E-state index < -0.39 is 35.7 Å². The maximum absolute atomic E-state index is 13.4. The van der Waals surface area contributed by atoms with Crippen molar-refractivity contribution in [1.29, 1.82) is 0 Å². The van der Waals surface area contributed by atoms with Crippen LogP contribution < -0.4 is 10.2 Å². The van der Waals surface area contributed by atoms with Crippen molar-refractivity contribution in [2.24, 2.45) is 0 Å². The van der Waals surface area contributed by atoms with Gasteiger partial charge in [-0.1, -0.05) is 30.3 Å². The van der Waals surface area contributed by atoms with Crippen LogP contribution in [0.25, 0.3) is 0 Å². The molecule has 0 spiro atoms. The first-order chi connectivity index (χ1) is 13.6. The molecule has 156 valence electrons. The Kier molecular flexibility index (Phi) is 7.33. The number of thiazole rings is 1. The lowest BCUT2D eigenvalue weighted by Crippen LogP contribution is -2.55. The molecule has 2 rings (SSSR count). The van der Waals surface area contributed by atoms with Crippen molar-refractivity contribution in [2.45, 2.75) is 51.8 Å². The molecule has 0 unspecified atom stereocenters. The Bertz CT molecular complexity index is 834. The number of hydrogen-bond acceptors (Lipinski definition) is 6. The molecule has 1 heterocycles. The molecular weight excluding hydrogens is 394 g/mol. The lowest BCUT2D eigenvalue weighted by Gasteiger charge is -2.30. The van der Waals surface area contributed by atoms with Gasteiger partial charge in [-0.25, -0.2) is 14.6 Å². The van der Waals surface area contributed by atoms with Crippen molar-refractivity contribution in [3.63, 3.8) is 0 Å². The zero-order valence-electron chi connectivity index (χ0n) is 16.8. The van der Waals surface area contributed by atoms with Crippen molar-refractivity contribution in [1.82, 2.24) is 10.3 Å². The number of aromatic nitrogens is 1. The Hall–Kier alpha value is -2.94. The molecule has 9 heteroatoms. The minimum Gasteiger partial charge on any atom is -0.480 e. The van der Waals surface area contributed by atoms with Gasteiger partial charge in [-0.2, -0.15) is 0 Å². The van der Waals surface area contributed by atoms with E-state index in [2.05, 4.69) is 10.3 Å². The van der Waals surface area contributed by atoms with E-state index >= 15 is 0 Å². The second-order valence-corrected chi connectivity index (χ2v) is 8.18. The van der Waals surface area contributed by atoms with Crippen LogP contribution in [0.2, 0.25) is 0 Å². The van der Waals surface area contributed by atoms with Crippen LogP contribution in [0.15, 0.2) is 41.2 Å². The van der Waals surface area contributed by atoms with Crippen LogP contribution in [0.1, 0.15) is 33.3 Å². The number of ether oxygens (including phenoxy) is 1. The molecule has 1 aromatic carbocycles. The van der Waals surface area contributed by atoms with E-state index in [4.69, 9.17) is 4.74 Å². The van der Waals surface area contributed by atoms with Gasteiger partial charge < -0.3 is 15.2 Å². The van der Waals surface area contributed by atoms with Gasteiger partial charge in [0.2, 0.25) is 0 Å². The molecule has 8 nitrogen and oxygen atoms in total. The van der Waals surface area contributed by atoms with Gasteiger partial charge in [-0.15, -0.1) is 11.3 Å². The normalized spacial score (nSPS) is 13.2. The number of carbonyl (C=O) groups excluding carboxylic acids is 2. The van der Waals surface area contributed by atoms with E-state index in [9.17, 15) is 19.5 Å². The molecule has 2 N–H and O–H groups in total. The third-order valence-corrected chi connectivity index (χ3v) is 4.49. The summed E-state index contributed by atoms with van der Waals surface area (Å²) in [6.45, 7) is 6.55. The number of carbonyl (C=O) groups is 3. The van der Waals surface area contributed by atoms with Crippen molar-refractivity contribution in [3.8, 4) is 0 Å². The lowest BCUT2D eigenvalue weighted by atomic mass is 10.0. The zero-order valence-corrected chi connectivity index (χ0v) is 17.6. The van der Waals surface area contributed by atoms with Gasteiger partial charge in [0, 0.05) is 11.8 Å². The number of alkyl carbamates (subject to hydrolysis) is 1. The number of rotatable bonds is 7. The summed E-state index contributed by atoms with van der Waals surface area (Å²) in [5.41, 5.74) is 1.58. The minimum atomic E-state index is -1.18. The van der Waals surface area contributed by atoms with Gasteiger partial charge in [-0.05, 0) is 33.3 Å². The second-order valence-electron chi connectivity index (χ2n) is 7.46. The summed E-state index contributed by atoms with van der Waals surface area (Å²) in [5.74, 6) is -1.54. The van der Waals surface area contributed by atoms with E-state index in [0.29, 0.717) is 0 Å². The standard InChI is InChI=1S/C20H25N3O5S/c1-13(18(25)26)23(16-11-29-12-21-16)17(24)15(10-14-8-6-5-7-9-14)22-19(27)28-20(2,3)4/h5-9,11-13,15H,10H2,1-4H3,(H,22,27)(H,25,26)/t13-,15-/m0/s1. The zero-order chi connectivity index (χ0) is 21.6. The monoisotopic (exact) mass is 419 g/mol. The van der Waals surface area contributed by atoms with Gasteiger partial charge in [0.1, 0.15) is 23.5 Å². The van der Waals surface area contributed by atoms with Gasteiger partial charge in [0.05, 0.1) is 5.51 Å². The Morgan fingerprint density at radius 2 is 1.90 bits per heavy atom. The van der Waals surface area contributed by atoms with Crippen molar-refractivity contribution in [2.75, 3.05) is 4.90 Å². The van der Waals surface area contributed by atoms with E-state index in [1.807, 2.05) is 30.3 Å². The molecular formula is C20H25N3O5S. The van der Waals surface area contributed by atoms with Gasteiger partial charge in [-0.3, -0.25) is 9.69 Å². The summed E-state index contributed by atoms with van der Waals surface area (Å²) in [6, 6.07) is 6.94. The predicted octanol–water partition coefficient (Wildman–Crippen LogP) is 3.09. The highest BCUT2D eigenvalue weighted by atomic mass is 32.1. The van der Waals surface area contributed by atoms with Crippen molar-refractivity contribution in [3.05, 3.63) is 46.8 Å². The van der Waals surface area contributed by atoms with E-state index in [1.165, 1.54) is 23.8 Å². The highest BCUT2D eigenvalue weighted by Crippen LogP contribution is 2.20. The van der Waals surface area contributed by atoms with Crippen LogP contribution in [0, 0.1) is 0 Å². The summed E-state index contributed by atoms with van der Waals surface area (Å²) >= 11 is 1.24. The number of aliphatic carboxylic acids is 1. The number of hydrogen-bond donors (Lipinski definition) is 2. The quantitative estimate of drug-likeness (QED) is 0.714. The third-order valence-electron chi connectivity index (χ3n) is 3.92. The molecule has 0 radical (unpaired) electrons. The first-order valence-corrected chi connectivity index (χ1v) is 10.0. The second kappa shape index (κ2) is 9.51. The van der Waals surface area contributed by atoms with Gasteiger partial charge >= 0.3 is 12.1 Å². The summed E-state index contributed by atoms with van der Waals surface area (Å²) in [4.78, 5) is 42.5. The molecule has 0 saturated carbocycles. The molecule has 0 aliphatic rings. The molecule has 2 atom stereocenters. The Labute approximate surface area is 173 Å². The molecule has 0 aliphatic heterocycles. The highest BCUT2D eigenvalue weighted by molar-refractivity contribution is 7.07. The van der Waals surface area contributed by atoms with E-state index in [0.717, 1.165) is 10.5 Å². The largest absolute Gasteiger partial charge is 0.480 e. The maximum atomic E-state index is 13.4. The number of amides is 2. The average molecular weight is 420 g/mol. The van der Waals surface area contributed by atoms with E-state index in [1.54, 1.807) is 26.2 Å². The minimum absolute atomic E-state index is 0.173. The SMILES string of the molecule is C[C@@H](C(=O)O)N(C(=O)[C@H](Cc1ccccc1)NC(=O)OC(C)(C)C)c1cscn1. The van der Waals surface area contributed by atoms with Crippen LogP contribution in [0.4, 0.5) is 10.6 Å². The maximum Gasteiger partial charge on any atom is 0.408 e. The summed E-state index contributed by atoms with van der Waals surface area (Å²) < 4.78 is 5.28. The number of carboxylic acids is 1. The number of nitrogens with zero attached hydrogens (tertiary/aromatic N) is 2. The molecule has 0 aliphatic carbocycles. The summed E-state index contributed by atoms with van der Waals surface area (Å²) in [5, 5.41) is 13.7. The molecule has 0 bridgehead atoms. The molecule has 29 heavy (non-hydrogen) atoms.